The van der Waals surface area contributed by atoms with Crippen LogP contribution in [0.2, 0.25) is 0 Å². The SMILES string of the molecule is CCNC(=O)CNC(=O)c1ccc(NS(=O)(=O)c2ccc(F)cc2)cc1. The van der Waals surface area contributed by atoms with Crippen molar-refractivity contribution in [2.24, 2.45) is 0 Å². The van der Waals surface area contributed by atoms with Gasteiger partial charge in [0.05, 0.1) is 11.4 Å². The average molecular weight is 379 g/mol. The van der Waals surface area contributed by atoms with Gasteiger partial charge in [-0.3, -0.25) is 14.3 Å². The van der Waals surface area contributed by atoms with Crippen LogP contribution in [-0.2, 0) is 14.8 Å². The Labute approximate surface area is 150 Å². The van der Waals surface area contributed by atoms with Crippen LogP contribution in [0.15, 0.2) is 53.4 Å². The van der Waals surface area contributed by atoms with Gasteiger partial charge in [-0.1, -0.05) is 0 Å². The summed E-state index contributed by atoms with van der Waals surface area (Å²) in [7, 11) is -3.86. The lowest BCUT2D eigenvalue weighted by Gasteiger charge is -2.09. The fraction of sp³-hybridized carbons (Fsp3) is 0.176. The Hall–Kier alpha value is -2.94. The monoisotopic (exact) mass is 379 g/mol. The highest BCUT2D eigenvalue weighted by atomic mass is 32.2. The number of hydrogen-bond acceptors (Lipinski definition) is 4. The third-order valence-electron chi connectivity index (χ3n) is 3.31. The van der Waals surface area contributed by atoms with Crippen LogP contribution < -0.4 is 15.4 Å². The summed E-state index contributed by atoms with van der Waals surface area (Å²) in [6, 6.07) is 10.1. The molecule has 26 heavy (non-hydrogen) atoms. The maximum absolute atomic E-state index is 12.9. The molecular formula is C17H18FN3O4S. The molecule has 2 rings (SSSR count). The molecule has 2 amide bonds. The molecule has 138 valence electrons. The molecule has 0 aliphatic heterocycles. The highest BCUT2D eigenvalue weighted by Gasteiger charge is 2.14. The zero-order chi connectivity index (χ0) is 19.2. The van der Waals surface area contributed by atoms with E-state index in [4.69, 9.17) is 0 Å². The van der Waals surface area contributed by atoms with E-state index in [2.05, 4.69) is 15.4 Å². The number of nitrogens with one attached hydrogen (secondary N) is 3. The highest BCUT2D eigenvalue weighted by Crippen LogP contribution is 2.17. The van der Waals surface area contributed by atoms with Crippen LogP contribution >= 0.6 is 0 Å². The molecule has 0 spiro atoms. The third-order valence-corrected chi connectivity index (χ3v) is 4.70. The van der Waals surface area contributed by atoms with Crippen LogP contribution in [0.1, 0.15) is 17.3 Å². The molecule has 0 heterocycles. The first-order chi connectivity index (χ1) is 12.3. The second kappa shape index (κ2) is 8.43. The number of amides is 2. The van der Waals surface area contributed by atoms with Crippen molar-refractivity contribution in [3.63, 3.8) is 0 Å². The van der Waals surface area contributed by atoms with E-state index in [1.165, 1.54) is 24.3 Å². The first-order valence-electron chi connectivity index (χ1n) is 7.75. The van der Waals surface area contributed by atoms with E-state index in [-0.39, 0.29) is 28.6 Å². The molecule has 2 aromatic carbocycles. The van der Waals surface area contributed by atoms with Gasteiger partial charge in [-0.05, 0) is 55.5 Å². The van der Waals surface area contributed by atoms with Crippen molar-refractivity contribution in [3.8, 4) is 0 Å². The van der Waals surface area contributed by atoms with E-state index in [9.17, 15) is 22.4 Å². The summed E-state index contributed by atoms with van der Waals surface area (Å²) in [4.78, 5) is 23.2. The van der Waals surface area contributed by atoms with Gasteiger partial charge in [0.1, 0.15) is 5.82 Å². The van der Waals surface area contributed by atoms with Crippen LogP contribution in [0, 0.1) is 5.82 Å². The molecule has 7 nitrogen and oxygen atoms in total. The zero-order valence-corrected chi connectivity index (χ0v) is 14.8. The van der Waals surface area contributed by atoms with E-state index in [0.29, 0.717) is 6.54 Å². The Balaban J connectivity index is 2.01. The lowest BCUT2D eigenvalue weighted by atomic mass is 10.2. The molecule has 2 aromatic rings. The van der Waals surface area contributed by atoms with Crippen molar-refractivity contribution in [2.45, 2.75) is 11.8 Å². The maximum atomic E-state index is 12.9. The van der Waals surface area contributed by atoms with Gasteiger partial charge in [-0.25, -0.2) is 12.8 Å². The first-order valence-corrected chi connectivity index (χ1v) is 9.23. The Kier molecular flexibility index (Phi) is 6.29. The molecule has 0 bridgehead atoms. The minimum atomic E-state index is -3.86. The Bertz CT molecular complexity index is 881. The van der Waals surface area contributed by atoms with Crippen LogP contribution in [0.25, 0.3) is 0 Å². The average Bonchev–Trinajstić information content (AvgIpc) is 2.60. The van der Waals surface area contributed by atoms with E-state index in [1.807, 2.05) is 0 Å². The first kappa shape index (κ1) is 19.4. The summed E-state index contributed by atoms with van der Waals surface area (Å²) < 4.78 is 39.7. The molecule has 3 N–H and O–H groups in total. The fourth-order valence-corrected chi connectivity index (χ4v) is 3.10. The molecular weight excluding hydrogens is 361 g/mol. The molecule has 0 atom stereocenters. The van der Waals surface area contributed by atoms with Crippen molar-refractivity contribution < 1.29 is 22.4 Å². The van der Waals surface area contributed by atoms with Gasteiger partial charge in [-0.15, -0.1) is 0 Å². The molecule has 0 aliphatic carbocycles. The fourth-order valence-electron chi connectivity index (χ4n) is 2.04. The van der Waals surface area contributed by atoms with Crippen LogP contribution in [0.4, 0.5) is 10.1 Å². The quantitative estimate of drug-likeness (QED) is 0.678. The number of rotatable bonds is 7. The van der Waals surface area contributed by atoms with E-state index >= 15 is 0 Å². The van der Waals surface area contributed by atoms with E-state index < -0.39 is 21.7 Å². The number of hydrogen-bond donors (Lipinski definition) is 3. The predicted octanol–water partition coefficient (Wildman–Crippen LogP) is 1.49. The molecule has 0 saturated carbocycles. The van der Waals surface area contributed by atoms with E-state index in [1.54, 1.807) is 6.92 Å². The summed E-state index contributed by atoms with van der Waals surface area (Å²) in [5.41, 5.74) is 0.522. The van der Waals surface area contributed by atoms with Gasteiger partial charge in [0.2, 0.25) is 5.91 Å². The number of benzene rings is 2. The van der Waals surface area contributed by atoms with Crippen LogP contribution in [-0.4, -0.2) is 33.3 Å². The third kappa shape index (κ3) is 5.28. The molecule has 0 aliphatic rings. The highest BCUT2D eigenvalue weighted by molar-refractivity contribution is 7.92. The van der Waals surface area contributed by atoms with Gasteiger partial charge in [0, 0.05) is 17.8 Å². The molecule has 0 fully saturated rings. The minimum Gasteiger partial charge on any atom is -0.355 e. The lowest BCUT2D eigenvalue weighted by Crippen LogP contribution is -2.36. The zero-order valence-electron chi connectivity index (χ0n) is 14.0. The standard InChI is InChI=1S/C17H18FN3O4S/c1-2-19-16(22)11-20-17(23)12-3-7-14(8-4-12)21-26(24,25)15-9-5-13(18)6-10-15/h3-10,21H,2,11H2,1H3,(H,19,22)(H,20,23). The summed E-state index contributed by atoms with van der Waals surface area (Å²) >= 11 is 0. The van der Waals surface area contributed by atoms with Crippen molar-refractivity contribution in [3.05, 3.63) is 59.9 Å². The van der Waals surface area contributed by atoms with Gasteiger partial charge in [0.25, 0.3) is 15.9 Å². The molecule has 0 saturated heterocycles. The second-order valence-electron chi connectivity index (χ2n) is 5.27. The molecule has 9 heteroatoms. The Morgan fingerprint density at radius 1 is 0.962 bits per heavy atom. The summed E-state index contributed by atoms with van der Waals surface area (Å²) in [6.07, 6.45) is 0. The smallest absolute Gasteiger partial charge is 0.261 e. The van der Waals surface area contributed by atoms with Gasteiger partial charge >= 0.3 is 0 Å². The number of anilines is 1. The number of carbonyl (C=O) groups is 2. The Morgan fingerprint density at radius 2 is 1.58 bits per heavy atom. The number of halogens is 1. The predicted molar refractivity (Wildman–Crippen MR) is 94.7 cm³/mol. The van der Waals surface area contributed by atoms with Crippen molar-refractivity contribution >= 4 is 27.5 Å². The molecule has 0 radical (unpaired) electrons. The van der Waals surface area contributed by atoms with Crippen LogP contribution in [0.5, 0.6) is 0 Å². The van der Waals surface area contributed by atoms with Crippen molar-refractivity contribution in [2.75, 3.05) is 17.8 Å². The normalized spacial score (nSPS) is 10.8. The minimum absolute atomic E-state index is 0.0809. The summed E-state index contributed by atoms with van der Waals surface area (Å²) in [6.45, 7) is 2.09. The second-order valence-corrected chi connectivity index (χ2v) is 6.96. The summed E-state index contributed by atoms with van der Waals surface area (Å²) in [5.74, 6) is -1.29. The number of likely N-dealkylation sites (N-methyl/N-ethyl adjacent to an activating group) is 1. The largest absolute Gasteiger partial charge is 0.355 e. The molecule has 0 unspecified atom stereocenters. The molecule has 0 aromatic heterocycles. The van der Waals surface area contributed by atoms with E-state index in [0.717, 1.165) is 24.3 Å². The van der Waals surface area contributed by atoms with Gasteiger partial charge in [0.15, 0.2) is 0 Å². The van der Waals surface area contributed by atoms with Crippen molar-refractivity contribution in [1.29, 1.82) is 0 Å². The number of sulfonamides is 1. The number of carbonyl (C=O) groups excluding carboxylic acids is 2. The van der Waals surface area contributed by atoms with Crippen LogP contribution in [0.3, 0.4) is 0 Å². The summed E-state index contributed by atoms with van der Waals surface area (Å²) in [5, 5.41) is 5.01. The van der Waals surface area contributed by atoms with Gasteiger partial charge < -0.3 is 10.6 Å². The topological polar surface area (TPSA) is 104 Å². The Morgan fingerprint density at radius 3 is 2.15 bits per heavy atom. The van der Waals surface area contributed by atoms with Gasteiger partial charge in [-0.2, -0.15) is 0 Å². The lowest BCUT2D eigenvalue weighted by molar-refractivity contribution is -0.120. The van der Waals surface area contributed by atoms with Crippen molar-refractivity contribution in [1.82, 2.24) is 10.6 Å². The maximum Gasteiger partial charge on any atom is 0.261 e.